The van der Waals surface area contributed by atoms with Crippen LogP contribution < -0.4 is 0 Å². The fraction of sp³-hybridized carbons (Fsp3) is 0.370. The molecule has 0 bridgehead atoms. The molecule has 1 aliphatic rings. The maximum atomic E-state index is 12.7. The summed E-state index contributed by atoms with van der Waals surface area (Å²) in [6, 6.07) is 21.1. The number of benzene rings is 2. The van der Waals surface area contributed by atoms with Crippen LogP contribution in [-0.2, 0) is 37.1 Å². The highest BCUT2D eigenvalue weighted by Gasteiger charge is 2.30. The van der Waals surface area contributed by atoms with Crippen LogP contribution in [0, 0.1) is 0 Å². The maximum absolute atomic E-state index is 12.7. The third-order valence-electron chi connectivity index (χ3n) is 5.98. The second-order valence-corrected chi connectivity index (χ2v) is 8.86. The van der Waals surface area contributed by atoms with Crippen LogP contribution in [0.5, 0.6) is 0 Å². The molecule has 0 saturated heterocycles. The molecule has 0 fully saturated rings. The van der Waals surface area contributed by atoms with Crippen LogP contribution >= 0.6 is 12.4 Å². The largest absolute Gasteiger partial charge is 0.464 e. The van der Waals surface area contributed by atoms with Gasteiger partial charge in [0.2, 0.25) is 0 Å². The summed E-state index contributed by atoms with van der Waals surface area (Å²) >= 11 is 0. The summed E-state index contributed by atoms with van der Waals surface area (Å²) in [5.74, 6) is 2.27. The molecule has 0 radical (unpaired) electrons. The number of Topliss-reactive ketones (excluding diaryl/α,β-unsaturated/α-hetero) is 1. The minimum absolute atomic E-state index is 0. The van der Waals surface area contributed by atoms with E-state index < -0.39 is 0 Å². The van der Waals surface area contributed by atoms with Crippen molar-refractivity contribution >= 4 is 18.2 Å². The van der Waals surface area contributed by atoms with Gasteiger partial charge in [0.05, 0.1) is 12.6 Å². The zero-order valence-corrected chi connectivity index (χ0v) is 20.0. The van der Waals surface area contributed by atoms with Gasteiger partial charge in [0, 0.05) is 25.1 Å². The molecule has 0 spiro atoms. The number of carbonyl (C=O) groups excluding carboxylic acids is 1. The summed E-state index contributed by atoms with van der Waals surface area (Å²) in [5.41, 5.74) is 4.93. The van der Waals surface area contributed by atoms with E-state index >= 15 is 0 Å². The van der Waals surface area contributed by atoms with Gasteiger partial charge in [-0.2, -0.15) is 0 Å². The second-order valence-electron chi connectivity index (χ2n) is 8.86. The lowest BCUT2D eigenvalue weighted by molar-refractivity contribution is -0.122. The number of hydrogen-bond donors (Lipinski definition) is 0. The molecule has 0 N–H and O–H groups in total. The van der Waals surface area contributed by atoms with E-state index in [1.54, 1.807) is 6.92 Å². The fourth-order valence-electron chi connectivity index (χ4n) is 4.58. The quantitative estimate of drug-likeness (QED) is 0.468. The Morgan fingerprint density at radius 3 is 2.47 bits per heavy atom. The number of nitrogens with zero attached hydrogens (tertiary/aromatic N) is 2. The summed E-state index contributed by atoms with van der Waals surface area (Å²) in [7, 11) is 4.09. The molecule has 0 amide bonds. The van der Waals surface area contributed by atoms with Crippen molar-refractivity contribution < 1.29 is 9.21 Å². The molecule has 2 heterocycles. The lowest BCUT2D eigenvalue weighted by atomic mass is 9.95. The van der Waals surface area contributed by atoms with E-state index in [2.05, 4.69) is 70.5 Å². The third kappa shape index (κ3) is 5.89. The third-order valence-corrected chi connectivity index (χ3v) is 5.98. The van der Waals surface area contributed by atoms with Crippen molar-refractivity contribution in [1.82, 2.24) is 9.80 Å². The van der Waals surface area contributed by atoms with Gasteiger partial charge in [0.15, 0.2) is 5.78 Å². The van der Waals surface area contributed by atoms with Crippen LogP contribution in [0.2, 0.25) is 0 Å². The van der Waals surface area contributed by atoms with Gasteiger partial charge in [0.1, 0.15) is 11.5 Å². The standard InChI is InChI=1S/C27H32N2O2.ClH/c1-20(30)27(29-15-14-26-24(18-29)17-25(31-26)19-28(2)3)23-11-7-10-22(16-23)13-12-21-8-5-4-6-9-21;/h4-11,16-17,27H,12-15,18-19H2,1-3H3;1H. The Labute approximate surface area is 197 Å². The van der Waals surface area contributed by atoms with Gasteiger partial charge in [-0.3, -0.25) is 9.69 Å². The van der Waals surface area contributed by atoms with Crippen LogP contribution in [-0.4, -0.2) is 36.2 Å². The Kier molecular flexibility index (Phi) is 8.30. The zero-order valence-electron chi connectivity index (χ0n) is 19.2. The Morgan fingerprint density at radius 1 is 1.03 bits per heavy atom. The molecular weight excluding hydrogens is 420 g/mol. The van der Waals surface area contributed by atoms with Crippen LogP contribution in [0.15, 0.2) is 65.1 Å². The number of furan rings is 1. The Morgan fingerprint density at radius 2 is 1.75 bits per heavy atom. The smallest absolute Gasteiger partial charge is 0.151 e. The summed E-state index contributed by atoms with van der Waals surface area (Å²) < 4.78 is 6.05. The van der Waals surface area contributed by atoms with Crippen molar-refractivity contribution in [2.24, 2.45) is 0 Å². The van der Waals surface area contributed by atoms with Crippen molar-refractivity contribution in [3.8, 4) is 0 Å². The molecule has 170 valence electrons. The molecule has 1 atom stereocenters. The SMILES string of the molecule is CC(=O)C(c1cccc(CCc2ccccc2)c1)N1CCc2oc(CN(C)C)cc2C1.Cl. The fourth-order valence-corrected chi connectivity index (χ4v) is 4.58. The van der Waals surface area contributed by atoms with Gasteiger partial charge in [0.25, 0.3) is 0 Å². The maximum Gasteiger partial charge on any atom is 0.151 e. The van der Waals surface area contributed by atoms with Crippen LogP contribution in [0.4, 0.5) is 0 Å². The first-order chi connectivity index (χ1) is 15.0. The molecule has 4 nitrogen and oxygen atoms in total. The van der Waals surface area contributed by atoms with E-state index in [1.807, 2.05) is 14.1 Å². The van der Waals surface area contributed by atoms with E-state index in [4.69, 9.17) is 4.42 Å². The minimum atomic E-state index is -0.211. The number of halogens is 1. The number of hydrogen-bond acceptors (Lipinski definition) is 4. The summed E-state index contributed by atoms with van der Waals surface area (Å²) in [6.45, 7) is 4.10. The molecule has 0 saturated carbocycles. The highest BCUT2D eigenvalue weighted by Crippen LogP contribution is 2.31. The van der Waals surface area contributed by atoms with E-state index in [1.165, 1.54) is 16.7 Å². The molecule has 1 aromatic heterocycles. The van der Waals surface area contributed by atoms with Gasteiger partial charge in [-0.15, -0.1) is 12.4 Å². The average molecular weight is 453 g/mol. The summed E-state index contributed by atoms with van der Waals surface area (Å²) in [6.07, 6.45) is 2.83. The van der Waals surface area contributed by atoms with Gasteiger partial charge >= 0.3 is 0 Å². The average Bonchev–Trinajstić information content (AvgIpc) is 3.14. The van der Waals surface area contributed by atoms with Gasteiger partial charge in [-0.25, -0.2) is 0 Å². The molecule has 0 aliphatic carbocycles. The molecular formula is C27H33ClN2O2. The number of ketones is 1. The topological polar surface area (TPSA) is 36.7 Å². The molecule has 1 aliphatic heterocycles. The van der Waals surface area contributed by atoms with E-state index in [0.717, 1.165) is 56.0 Å². The summed E-state index contributed by atoms with van der Waals surface area (Å²) in [4.78, 5) is 17.1. The van der Waals surface area contributed by atoms with Crippen molar-refractivity contribution in [2.75, 3.05) is 20.6 Å². The first kappa shape index (κ1) is 24.2. The number of fused-ring (bicyclic) bond motifs is 1. The normalized spacial score (nSPS) is 14.6. The van der Waals surface area contributed by atoms with Gasteiger partial charge in [-0.1, -0.05) is 54.6 Å². The van der Waals surface area contributed by atoms with E-state index in [9.17, 15) is 4.79 Å². The molecule has 32 heavy (non-hydrogen) atoms. The van der Waals surface area contributed by atoms with Gasteiger partial charge < -0.3 is 9.32 Å². The molecule has 3 aromatic rings. The van der Waals surface area contributed by atoms with Crippen LogP contribution in [0.1, 0.15) is 46.7 Å². The molecule has 1 unspecified atom stereocenters. The number of rotatable bonds is 8. The first-order valence-corrected chi connectivity index (χ1v) is 11.1. The Balaban J connectivity index is 0.00000289. The van der Waals surface area contributed by atoms with Crippen LogP contribution in [0.3, 0.4) is 0 Å². The molecule has 2 aromatic carbocycles. The Bertz CT molecular complexity index is 1030. The van der Waals surface area contributed by atoms with Gasteiger partial charge in [-0.05, 0) is 56.6 Å². The van der Waals surface area contributed by atoms with Crippen molar-refractivity contribution in [1.29, 1.82) is 0 Å². The highest BCUT2D eigenvalue weighted by molar-refractivity contribution is 5.85. The van der Waals surface area contributed by atoms with E-state index in [0.29, 0.717) is 0 Å². The van der Waals surface area contributed by atoms with Crippen molar-refractivity contribution in [2.45, 2.75) is 45.3 Å². The second kappa shape index (κ2) is 11.0. The predicted octanol–water partition coefficient (Wildman–Crippen LogP) is 5.24. The van der Waals surface area contributed by atoms with E-state index in [-0.39, 0.29) is 24.2 Å². The number of aryl methyl sites for hydroxylation is 2. The van der Waals surface area contributed by atoms with Crippen molar-refractivity contribution in [3.05, 3.63) is 94.4 Å². The lowest BCUT2D eigenvalue weighted by Crippen LogP contribution is -2.37. The van der Waals surface area contributed by atoms with Crippen molar-refractivity contribution in [3.63, 3.8) is 0 Å². The highest BCUT2D eigenvalue weighted by atomic mass is 35.5. The Hall–Kier alpha value is -2.40. The molecule has 4 rings (SSSR count). The zero-order chi connectivity index (χ0) is 21.8. The minimum Gasteiger partial charge on any atom is -0.464 e. The summed E-state index contributed by atoms with van der Waals surface area (Å²) in [5, 5.41) is 0. The first-order valence-electron chi connectivity index (χ1n) is 11.1. The molecule has 5 heteroatoms. The lowest BCUT2D eigenvalue weighted by Gasteiger charge is -2.33. The van der Waals surface area contributed by atoms with Crippen LogP contribution in [0.25, 0.3) is 0 Å². The number of carbonyl (C=O) groups is 1. The predicted molar refractivity (Wildman–Crippen MR) is 131 cm³/mol. The monoisotopic (exact) mass is 452 g/mol.